The Kier molecular flexibility index (Phi) is 6.51. The van der Waals surface area contributed by atoms with Crippen LogP contribution in [0.4, 0.5) is 0 Å². The molecule has 0 bridgehead atoms. The van der Waals surface area contributed by atoms with Crippen LogP contribution in [-0.4, -0.2) is 33.8 Å². The van der Waals surface area contributed by atoms with E-state index in [0.717, 1.165) is 28.6 Å². The standard InChI is InChI=1S/C20H27ClN2O2/c21-17-8-5-9-19-20(17)16(13-23(19)10-11-24)18(22-14-25)12-15-6-3-1-2-4-7-15/h5,8-9,13,15,24-25H,1-4,6-7,10-12,14H2/b22-18+. The van der Waals surface area contributed by atoms with Gasteiger partial charge in [-0.3, -0.25) is 4.99 Å². The van der Waals surface area contributed by atoms with Crippen LogP contribution in [-0.2, 0) is 6.54 Å². The van der Waals surface area contributed by atoms with E-state index in [0.29, 0.717) is 17.5 Å². The van der Waals surface area contributed by atoms with E-state index < -0.39 is 0 Å². The Labute approximate surface area is 154 Å². The summed E-state index contributed by atoms with van der Waals surface area (Å²) in [6, 6.07) is 5.83. The van der Waals surface area contributed by atoms with E-state index in [1.807, 2.05) is 29.0 Å². The van der Waals surface area contributed by atoms with Crippen molar-refractivity contribution in [1.29, 1.82) is 0 Å². The second kappa shape index (κ2) is 8.84. The minimum absolute atomic E-state index is 0.0742. The van der Waals surface area contributed by atoms with Crippen LogP contribution in [0.1, 0.15) is 50.5 Å². The summed E-state index contributed by atoms with van der Waals surface area (Å²) in [4.78, 5) is 4.42. The van der Waals surface area contributed by atoms with Gasteiger partial charge in [-0.05, 0) is 24.5 Å². The van der Waals surface area contributed by atoms with Crippen LogP contribution in [0.3, 0.4) is 0 Å². The zero-order valence-corrected chi connectivity index (χ0v) is 15.4. The summed E-state index contributed by atoms with van der Waals surface area (Å²) in [6.45, 7) is 0.386. The Bertz CT molecular complexity index is 731. The normalized spacial score (nSPS) is 17.2. The summed E-state index contributed by atoms with van der Waals surface area (Å²) in [7, 11) is 0. The lowest BCUT2D eigenvalue weighted by Gasteiger charge is -2.15. The number of halogens is 1. The molecule has 0 spiro atoms. The van der Waals surface area contributed by atoms with Gasteiger partial charge in [-0.15, -0.1) is 0 Å². The fourth-order valence-electron chi connectivity index (χ4n) is 4.01. The quantitative estimate of drug-likeness (QED) is 0.591. The third-order valence-electron chi connectivity index (χ3n) is 5.23. The van der Waals surface area contributed by atoms with Crippen molar-refractivity contribution in [3.8, 4) is 0 Å². The van der Waals surface area contributed by atoms with Crippen molar-refractivity contribution < 1.29 is 10.2 Å². The van der Waals surface area contributed by atoms with Crippen LogP contribution in [0, 0.1) is 5.92 Å². The largest absolute Gasteiger partial charge is 0.395 e. The molecule has 3 rings (SSSR count). The van der Waals surface area contributed by atoms with Crippen LogP contribution in [0.15, 0.2) is 29.4 Å². The molecule has 2 N–H and O–H groups in total. The minimum atomic E-state index is -0.209. The van der Waals surface area contributed by atoms with Crippen molar-refractivity contribution >= 4 is 28.2 Å². The summed E-state index contributed by atoms with van der Waals surface area (Å²) in [6.07, 6.45) is 10.6. The van der Waals surface area contributed by atoms with E-state index in [1.165, 1.54) is 38.5 Å². The maximum absolute atomic E-state index is 9.47. The van der Waals surface area contributed by atoms with Crippen molar-refractivity contribution in [2.24, 2.45) is 10.9 Å². The third-order valence-corrected chi connectivity index (χ3v) is 5.54. The van der Waals surface area contributed by atoms with Gasteiger partial charge in [0, 0.05) is 29.4 Å². The van der Waals surface area contributed by atoms with Crippen molar-refractivity contribution in [1.82, 2.24) is 4.57 Å². The SMILES string of the molecule is OCCn1cc(/C(CC2CCCCCC2)=N/CO)c2c(Cl)cccc21. The van der Waals surface area contributed by atoms with Crippen LogP contribution >= 0.6 is 11.6 Å². The lowest BCUT2D eigenvalue weighted by molar-refractivity contribution is 0.278. The second-order valence-corrected chi connectivity index (χ2v) is 7.31. The maximum Gasteiger partial charge on any atom is 0.134 e. The number of nitrogens with zero attached hydrogens (tertiary/aromatic N) is 2. The zero-order valence-electron chi connectivity index (χ0n) is 14.6. The molecule has 0 saturated heterocycles. The first-order chi connectivity index (χ1) is 12.2. The number of aliphatic imine (C=N–C) groups is 1. The minimum Gasteiger partial charge on any atom is -0.395 e. The van der Waals surface area contributed by atoms with Crippen molar-refractivity contribution in [2.45, 2.75) is 51.5 Å². The first kappa shape index (κ1) is 18.4. The molecule has 25 heavy (non-hydrogen) atoms. The van der Waals surface area contributed by atoms with E-state index >= 15 is 0 Å². The van der Waals surface area contributed by atoms with Gasteiger partial charge in [0.25, 0.3) is 0 Å². The number of hydrogen-bond donors (Lipinski definition) is 2. The zero-order chi connectivity index (χ0) is 17.6. The number of rotatable bonds is 6. The summed E-state index contributed by atoms with van der Waals surface area (Å²) in [5.74, 6) is 0.617. The highest BCUT2D eigenvalue weighted by Gasteiger charge is 2.20. The van der Waals surface area contributed by atoms with Gasteiger partial charge in [-0.25, -0.2) is 0 Å². The highest BCUT2D eigenvalue weighted by Crippen LogP contribution is 2.33. The lowest BCUT2D eigenvalue weighted by Crippen LogP contribution is -2.10. The molecule has 2 aromatic rings. The molecule has 1 saturated carbocycles. The Morgan fingerprint density at radius 2 is 1.92 bits per heavy atom. The van der Waals surface area contributed by atoms with E-state index in [2.05, 4.69) is 4.99 Å². The highest BCUT2D eigenvalue weighted by molar-refractivity contribution is 6.37. The molecule has 1 heterocycles. The molecule has 1 aliphatic rings. The molecule has 136 valence electrons. The number of aliphatic hydroxyl groups is 2. The predicted molar refractivity (Wildman–Crippen MR) is 103 cm³/mol. The number of aromatic nitrogens is 1. The molecule has 5 heteroatoms. The smallest absolute Gasteiger partial charge is 0.134 e. The van der Waals surface area contributed by atoms with E-state index in [9.17, 15) is 10.2 Å². The molecule has 1 fully saturated rings. The molecular weight excluding hydrogens is 336 g/mol. The fraction of sp³-hybridized carbons (Fsp3) is 0.550. The summed E-state index contributed by atoms with van der Waals surface area (Å²) >= 11 is 6.50. The molecule has 0 atom stereocenters. The average Bonchev–Trinajstić information content (AvgIpc) is 2.79. The lowest BCUT2D eigenvalue weighted by atomic mass is 9.91. The third kappa shape index (κ3) is 4.25. The Morgan fingerprint density at radius 3 is 2.60 bits per heavy atom. The molecule has 1 aromatic carbocycles. The molecule has 4 nitrogen and oxygen atoms in total. The van der Waals surface area contributed by atoms with E-state index in [1.54, 1.807) is 0 Å². The molecular formula is C20H27ClN2O2. The molecule has 0 unspecified atom stereocenters. The number of aliphatic hydroxyl groups excluding tert-OH is 2. The summed E-state index contributed by atoms with van der Waals surface area (Å²) in [5, 5.41) is 20.5. The van der Waals surface area contributed by atoms with E-state index in [4.69, 9.17) is 11.6 Å². The molecule has 0 radical (unpaired) electrons. The summed E-state index contributed by atoms with van der Waals surface area (Å²) < 4.78 is 2.02. The predicted octanol–water partition coefficient (Wildman–Crippen LogP) is 4.39. The average molecular weight is 363 g/mol. The van der Waals surface area contributed by atoms with Crippen LogP contribution in [0.5, 0.6) is 0 Å². The van der Waals surface area contributed by atoms with Gasteiger partial charge in [0.05, 0.1) is 17.1 Å². The van der Waals surface area contributed by atoms with Gasteiger partial charge >= 0.3 is 0 Å². The topological polar surface area (TPSA) is 57.8 Å². The molecule has 1 aliphatic carbocycles. The molecule has 0 amide bonds. The first-order valence-corrected chi connectivity index (χ1v) is 9.65. The highest BCUT2D eigenvalue weighted by atomic mass is 35.5. The van der Waals surface area contributed by atoms with Crippen molar-refractivity contribution in [3.63, 3.8) is 0 Å². The molecule has 0 aliphatic heterocycles. The van der Waals surface area contributed by atoms with Crippen LogP contribution in [0.25, 0.3) is 10.9 Å². The maximum atomic E-state index is 9.47. The monoisotopic (exact) mass is 362 g/mol. The van der Waals surface area contributed by atoms with Gasteiger partial charge in [-0.2, -0.15) is 0 Å². The second-order valence-electron chi connectivity index (χ2n) is 6.90. The Balaban J connectivity index is 1.99. The van der Waals surface area contributed by atoms with Gasteiger partial charge in [-0.1, -0.05) is 56.2 Å². The summed E-state index contributed by atoms with van der Waals surface area (Å²) in [5.41, 5.74) is 2.93. The first-order valence-electron chi connectivity index (χ1n) is 9.27. The van der Waals surface area contributed by atoms with Gasteiger partial charge in [0.15, 0.2) is 0 Å². The van der Waals surface area contributed by atoms with Crippen LogP contribution < -0.4 is 0 Å². The van der Waals surface area contributed by atoms with Crippen LogP contribution in [0.2, 0.25) is 5.02 Å². The number of benzene rings is 1. The van der Waals surface area contributed by atoms with Gasteiger partial charge < -0.3 is 14.8 Å². The Hall–Kier alpha value is -1.36. The fourth-order valence-corrected chi connectivity index (χ4v) is 4.28. The van der Waals surface area contributed by atoms with Crippen molar-refractivity contribution in [3.05, 3.63) is 35.0 Å². The Morgan fingerprint density at radius 1 is 1.16 bits per heavy atom. The van der Waals surface area contributed by atoms with Gasteiger partial charge in [0.2, 0.25) is 0 Å². The molecule has 1 aromatic heterocycles. The van der Waals surface area contributed by atoms with E-state index in [-0.39, 0.29) is 13.3 Å². The number of hydrogen-bond acceptors (Lipinski definition) is 3. The van der Waals surface area contributed by atoms with Gasteiger partial charge in [0.1, 0.15) is 6.73 Å². The van der Waals surface area contributed by atoms with Crippen molar-refractivity contribution in [2.75, 3.05) is 13.3 Å². The number of fused-ring (bicyclic) bond motifs is 1.